The third kappa shape index (κ3) is 2.65. The maximum absolute atomic E-state index is 10.4. The van der Waals surface area contributed by atoms with Crippen molar-refractivity contribution in [1.82, 2.24) is 9.97 Å². The lowest BCUT2D eigenvalue weighted by Crippen LogP contribution is -2.01. The van der Waals surface area contributed by atoms with Gasteiger partial charge in [0.25, 0.3) is 0 Å². The van der Waals surface area contributed by atoms with Crippen LogP contribution in [0.2, 0.25) is 5.15 Å². The molecule has 0 saturated heterocycles. The van der Waals surface area contributed by atoms with Crippen molar-refractivity contribution in [2.24, 2.45) is 0 Å². The van der Waals surface area contributed by atoms with Crippen LogP contribution in [-0.2, 0) is 11.2 Å². The molecule has 0 unspecified atom stereocenters. The van der Waals surface area contributed by atoms with Gasteiger partial charge in [-0.05, 0) is 19.3 Å². The van der Waals surface area contributed by atoms with Crippen LogP contribution in [0.3, 0.4) is 0 Å². The largest absolute Gasteiger partial charge is 0.481 e. The summed E-state index contributed by atoms with van der Waals surface area (Å²) in [5.74, 6) is 0.424. The Bertz CT molecular complexity index is 391. The Morgan fingerprint density at radius 1 is 1.60 bits per heavy atom. The summed E-state index contributed by atoms with van der Waals surface area (Å²) in [6, 6.07) is 0. The van der Waals surface area contributed by atoms with Crippen molar-refractivity contribution in [3.05, 3.63) is 22.7 Å². The summed E-state index contributed by atoms with van der Waals surface area (Å²) in [4.78, 5) is 18.8. The first-order valence-corrected chi connectivity index (χ1v) is 5.27. The van der Waals surface area contributed by atoms with E-state index in [4.69, 9.17) is 16.7 Å². The van der Waals surface area contributed by atoms with Crippen molar-refractivity contribution in [1.29, 1.82) is 0 Å². The molecule has 0 aliphatic heterocycles. The van der Waals surface area contributed by atoms with Gasteiger partial charge < -0.3 is 5.11 Å². The molecular formula is C10H11ClN2O2. The van der Waals surface area contributed by atoms with Gasteiger partial charge in [-0.15, -0.1) is 0 Å². The van der Waals surface area contributed by atoms with Crippen LogP contribution in [-0.4, -0.2) is 21.0 Å². The number of nitrogens with zero attached hydrogens (tertiary/aromatic N) is 2. The highest BCUT2D eigenvalue weighted by Crippen LogP contribution is 2.38. The molecule has 0 radical (unpaired) electrons. The zero-order valence-corrected chi connectivity index (χ0v) is 8.87. The van der Waals surface area contributed by atoms with Crippen LogP contribution in [0.4, 0.5) is 0 Å². The Morgan fingerprint density at radius 2 is 2.33 bits per heavy atom. The Labute approximate surface area is 92.3 Å². The van der Waals surface area contributed by atoms with Crippen LogP contribution < -0.4 is 0 Å². The Morgan fingerprint density at radius 3 is 2.87 bits per heavy atom. The molecule has 1 saturated carbocycles. The highest BCUT2D eigenvalue weighted by Gasteiger charge is 2.26. The van der Waals surface area contributed by atoms with E-state index in [9.17, 15) is 4.79 Å². The maximum atomic E-state index is 10.4. The molecule has 5 heteroatoms. The number of halogens is 1. The fourth-order valence-corrected chi connectivity index (χ4v) is 1.58. The first-order valence-electron chi connectivity index (χ1n) is 4.90. The number of carboxylic acids is 1. The number of aryl methyl sites for hydroxylation is 1. The van der Waals surface area contributed by atoms with Gasteiger partial charge in [0.15, 0.2) is 0 Å². The average molecular weight is 227 g/mol. The minimum absolute atomic E-state index is 0.0614. The second-order valence-corrected chi connectivity index (χ2v) is 4.07. The van der Waals surface area contributed by atoms with E-state index in [2.05, 4.69) is 9.97 Å². The van der Waals surface area contributed by atoms with Crippen LogP contribution >= 0.6 is 11.6 Å². The van der Waals surface area contributed by atoms with Crippen LogP contribution in [0.1, 0.15) is 36.6 Å². The van der Waals surface area contributed by atoms with E-state index in [1.54, 1.807) is 6.20 Å². The molecule has 1 aliphatic rings. The quantitative estimate of drug-likeness (QED) is 0.798. The van der Waals surface area contributed by atoms with Gasteiger partial charge in [0.2, 0.25) is 0 Å². The fraction of sp³-hybridized carbons (Fsp3) is 0.500. The van der Waals surface area contributed by atoms with Crippen LogP contribution in [0.5, 0.6) is 0 Å². The van der Waals surface area contributed by atoms with Crippen LogP contribution in [0.25, 0.3) is 0 Å². The number of hydrogen-bond acceptors (Lipinski definition) is 3. The second kappa shape index (κ2) is 4.14. The first kappa shape index (κ1) is 10.4. The first-order chi connectivity index (χ1) is 7.16. The van der Waals surface area contributed by atoms with Gasteiger partial charge in [-0.25, -0.2) is 9.97 Å². The normalized spacial score (nSPS) is 15.3. The Hall–Kier alpha value is -1.16. The van der Waals surface area contributed by atoms with Gasteiger partial charge in [-0.1, -0.05) is 11.6 Å². The monoisotopic (exact) mass is 226 g/mol. The lowest BCUT2D eigenvalue weighted by Gasteiger charge is -2.03. The lowest BCUT2D eigenvalue weighted by molar-refractivity contribution is -0.136. The lowest BCUT2D eigenvalue weighted by atomic mass is 10.2. The fourth-order valence-electron chi connectivity index (χ4n) is 1.35. The summed E-state index contributed by atoms with van der Waals surface area (Å²) in [7, 11) is 0. The molecule has 1 aromatic rings. The van der Waals surface area contributed by atoms with Crippen molar-refractivity contribution >= 4 is 17.6 Å². The molecule has 1 fully saturated rings. The Kier molecular flexibility index (Phi) is 2.86. The summed E-state index contributed by atoms with van der Waals surface area (Å²) in [6.07, 6.45) is 4.35. The molecule has 0 atom stereocenters. The number of hydrogen-bond donors (Lipinski definition) is 1. The molecule has 1 N–H and O–H groups in total. The van der Waals surface area contributed by atoms with Crippen molar-refractivity contribution in [2.75, 3.05) is 0 Å². The van der Waals surface area contributed by atoms with E-state index in [1.807, 2.05) is 0 Å². The third-order valence-corrected chi connectivity index (χ3v) is 2.71. The SMILES string of the molecule is O=C(O)CCc1cnc(C2CC2)nc1Cl. The van der Waals surface area contributed by atoms with Gasteiger partial charge in [-0.2, -0.15) is 0 Å². The summed E-state index contributed by atoms with van der Waals surface area (Å²) < 4.78 is 0. The number of carbonyl (C=O) groups is 1. The smallest absolute Gasteiger partial charge is 0.303 e. The van der Waals surface area contributed by atoms with Crippen molar-refractivity contribution < 1.29 is 9.90 Å². The van der Waals surface area contributed by atoms with E-state index in [-0.39, 0.29) is 6.42 Å². The van der Waals surface area contributed by atoms with Crippen molar-refractivity contribution in [3.8, 4) is 0 Å². The standard InChI is InChI=1S/C10H11ClN2O2/c11-9-7(3-4-8(14)15)5-12-10(13-9)6-1-2-6/h5-6H,1-4H2,(H,14,15). The van der Waals surface area contributed by atoms with E-state index in [0.29, 0.717) is 23.1 Å². The predicted octanol–water partition coefficient (Wildman–Crippen LogP) is 2.02. The third-order valence-electron chi connectivity index (χ3n) is 2.38. The molecule has 1 aromatic heterocycles. The second-order valence-electron chi connectivity index (χ2n) is 3.71. The molecule has 0 spiro atoms. The van der Waals surface area contributed by atoms with Gasteiger partial charge in [0.1, 0.15) is 11.0 Å². The molecule has 0 aromatic carbocycles. The average Bonchev–Trinajstić information content (AvgIpc) is 2.98. The molecule has 0 bridgehead atoms. The van der Waals surface area contributed by atoms with E-state index < -0.39 is 5.97 Å². The highest BCUT2D eigenvalue weighted by molar-refractivity contribution is 6.30. The number of aromatic nitrogens is 2. The topological polar surface area (TPSA) is 63.1 Å². The van der Waals surface area contributed by atoms with Crippen molar-refractivity contribution in [2.45, 2.75) is 31.6 Å². The van der Waals surface area contributed by atoms with Gasteiger partial charge in [0, 0.05) is 24.1 Å². The predicted molar refractivity (Wildman–Crippen MR) is 55.0 cm³/mol. The van der Waals surface area contributed by atoms with E-state index in [1.165, 1.54) is 0 Å². The van der Waals surface area contributed by atoms with Gasteiger partial charge >= 0.3 is 5.97 Å². The van der Waals surface area contributed by atoms with E-state index in [0.717, 1.165) is 18.7 Å². The minimum atomic E-state index is -0.836. The van der Waals surface area contributed by atoms with Crippen LogP contribution in [0, 0.1) is 0 Å². The molecular weight excluding hydrogens is 216 g/mol. The number of carboxylic acid groups (broad SMARTS) is 1. The zero-order chi connectivity index (χ0) is 10.8. The molecule has 4 nitrogen and oxygen atoms in total. The molecule has 0 amide bonds. The molecule has 80 valence electrons. The zero-order valence-electron chi connectivity index (χ0n) is 8.11. The summed E-state index contributed by atoms with van der Waals surface area (Å²) >= 11 is 5.94. The molecule has 1 aliphatic carbocycles. The molecule has 2 rings (SSSR count). The molecule has 1 heterocycles. The van der Waals surface area contributed by atoms with E-state index >= 15 is 0 Å². The minimum Gasteiger partial charge on any atom is -0.481 e. The van der Waals surface area contributed by atoms with Gasteiger partial charge in [-0.3, -0.25) is 4.79 Å². The highest BCUT2D eigenvalue weighted by atomic mass is 35.5. The van der Waals surface area contributed by atoms with Crippen LogP contribution in [0.15, 0.2) is 6.20 Å². The molecule has 15 heavy (non-hydrogen) atoms. The Balaban J connectivity index is 2.08. The number of aliphatic carboxylic acids is 1. The summed E-state index contributed by atoms with van der Waals surface area (Å²) in [5.41, 5.74) is 0.712. The van der Waals surface area contributed by atoms with Crippen molar-refractivity contribution in [3.63, 3.8) is 0 Å². The summed E-state index contributed by atoms with van der Waals surface area (Å²) in [5, 5.41) is 8.93. The van der Waals surface area contributed by atoms with Gasteiger partial charge in [0.05, 0.1) is 0 Å². The number of rotatable bonds is 4. The maximum Gasteiger partial charge on any atom is 0.303 e. The summed E-state index contributed by atoms with van der Waals surface area (Å²) in [6.45, 7) is 0.